The smallest absolute Gasteiger partial charge is 0.259 e. The third kappa shape index (κ3) is 3.12. The van der Waals surface area contributed by atoms with E-state index in [9.17, 15) is 4.79 Å². The largest absolute Gasteiger partial charge is 0.334 e. The zero-order valence-corrected chi connectivity index (χ0v) is 16.0. The first kappa shape index (κ1) is 17.2. The number of hydrogen-bond acceptors (Lipinski definition) is 5. The molecule has 1 aliphatic rings. The predicted molar refractivity (Wildman–Crippen MR) is 102 cm³/mol. The zero-order chi connectivity index (χ0) is 18.1. The Morgan fingerprint density at radius 1 is 1.31 bits per heavy atom. The molecular formula is C19H23N5OS. The number of hydrogen-bond donors (Lipinski definition) is 0. The molecule has 136 valence electrons. The van der Waals surface area contributed by atoms with Crippen LogP contribution in [0.5, 0.6) is 0 Å². The molecule has 0 saturated heterocycles. The maximum absolute atomic E-state index is 13.0. The van der Waals surface area contributed by atoms with Gasteiger partial charge in [-0.2, -0.15) is 5.10 Å². The van der Waals surface area contributed by atoms with Gasteiger partial charge in [-0.05, 0) is 36.5 Å². The summed E-state index contributed by atoms with van der Waals surface area (Å²) >= 11 is 1.78. The summed E-state index contributed by atoms with van der Waals surface area (Å²) in [6.07, 6.45) is 6.41. The summed E-state index contributed by atoms with van der Waals surface area (Å²) in [5.41, 5.74) is 3.58. The van der Waals surface area contributed by atoms with E-state index in [0.717, 1.165) is 38.2 Å². The summed E-state index contributed by atoms with van der Waals surface area (Å²) in [5, 5.41) is 6.48. The van der Waals surface area contributed by atoms with Crippen LogP contribution in [0.15, 0.2) is 30.0 Å². The minimum atomic E-state index is 0.0147. The van der Waals surface area contributed by atoms with Crippen molar-refractivity contribution in [1.29, 1.82) is 0 Å². The van der Waals surface area contributed by atoms with Crippen LogP contribution in [-0.4, -0.2) is 49.9 Å². The Kier molecular flexibility index (Phi) is 4.74. The first-order valence-electron chi connectivity index (χ1n) is 9.08. The molecule has 0 atom stereocenters. The Balaban J connectivity index is 1.56. The lowest BCUT2D eigenvalue weighted by Crippen LogP contribution is -2.35. The number of carbonyl (C=O) groups excluding carboxylic acids is 1. The van der Waals surface area contributed by atoms with Crippen LogP contribution in [0.2, 0.25) is 0 Å². The molecule has 0 saturated carbocycles. The van der Waals surface area contributed by atoms with E-state index in [1.807, 2.05) is 17.3 Å². The highest BCUT2D eigenvalue weighted by Gasteiger charge is 2.25. The van der Waals surface area contributed by atoms with Crippen LogP contribution in [0.1, 0.15) is 40.2 Å². The highest BCUT2D eigenvalue weighted by atomic mass is 32.1. The molecule has 0 aliphatic carbocycles. The predicted octanol–water partition coefficient (Wildman–Crippen LogP) is 2.83. The van der Waals surface area contributed by atoms with Gasteiger partial charge in [-0.25, -0.2) is 9.50 Å². The van der Waals surface area contributed by atoms with Gasteiger partial charge in [0, 0.05) is 42.5 Å². The fourth-order valence-electron chi connectivity index (χ4n) is 3.44. The number of rotatable bonds is 5. The summed E-state index contributed by atoms with van der Waals surface area (Å²) in [5.74, 6) is 0.0147. The minimum absolute atomic E-state index is 0.0147. The molecule has 3 aromatic rings. The molecule has 0 bridgehead atoms. The highest BCUT2D eigenvalue weighted by Crippen LogP contribution is 2.25. The second kappa shape index (κ2) is 7.17. The minimum Gasteiger partial charge on any atom is -0.334 e. The highest BCUT2D eigenvalue weighted by molar-refractivity contribution is 7.10. The molecule has 1 amide bonds. The van der Waals surface area contributed by atoms with E-state index < -0.39 is 0 Å². The Bertz CT molecular complexity index is 927. The molecular weight excluding hydrogens is 346 g/mol. The van der Waals surface area contributed by atoms with Crippen molar-refractivity contribution >= 4 is 22.9 Å². The van der Waals surface area contributed by atoms with Crippen LogP contribution in [0.25, 0.3) is 5.65 Å². The topological polar surface area (TPSA) is 53.7 Å². The number of fused-ring (bicyclic) bond motifs is 2. The van der Waals surface area contributed by atoms with E-state index in [1.54, 1.807) is 22.0 Å². The normalized spacial score (nSPS) is 14.2. The monoisotopic (exact) mass is 369 g/mol. The van der Waals surface area contributed by atoms with E-state index in [-0.39, 0.29) is 5.91 Å². The Labute approximate surface area is 157 Å². The van der Waals surface area contributed by atoms with Crippen molar-refractivity contribution in [3.8, 4) is 0 Å². The second-order valence-electron chi connectivity index (χ2n) is 6.60. The van der Waals surface area contributed by atoms with Gasteiger partial charge in [0.2, 0.25) is 0 Å². The van der Waals surface area contributed by atoms with Gasteiger partial charge in [0.05, 0.1) is 6.20 Å². The summed E-state index contributed by atoms with van der Waals surface area (Å²) in [6, 6.07) is 2.12. The summed E-state index contributed by atoms with van der Waals surface area (Å²) < 4.78 is 1.73. The van der Waals surface area contributed by atoms with Gasteiger partial charge >= 0.3 is 0 Å². The number of amides is 1. The molecule has 0 aromatic carbocycles. The van der Waals surface area contributed by atoms with Gasteiger partial charge in [0.15, 0.2) is 5.65 Å². The molecule has 0 N–H and O–H groups in total. The summed E-state index contributed by atoms with van der Waals surface area (Å²) in [6.45, 7) is 8.56. The lowest BCUT2D eigenvalue weighted by molar-refractivity contribution is 0.0737. The van der Waals surface area contributed by atoms with Crippen LogP contribution in [0.4, 0.5) is 0 Å². The van der Waals surface area contributed by atoms with E-state index in [0.29, 0.717) is 17.8 Å². The van der Waals surface area contributed by atoms with Crippen LogP contribution in [0.3, 0.4) is 0 Å². The van der Waals surface area contributed by atoms with E-state index in [1.165, 1.54) is 10.4 Å². The Hall–Kier alpha value is -2.25. The van der Waals surface area contributed by atoms with E-state index >= 15 is 0 Å². The quantitative estimate of drug-likeness (QED) is 0.694. The maximum Gasteiger partial charge on any atom is 0.259 e. The van der Waals surface area contributed by atoms with Crippen molar-refractivity contribution in [3.63, 3.8) is 0 Å². The number of carbonyl (C=O) groups is 1. The molecule has 0 radical (unpaired) electrons. The standard InChI is InChI=1S/C19H23N5OS/c1-3-22(4-2)11-14-9-20-18-16(10-21-24(18)12-14)19(25)23-7-5-17-15(13-23)6-8-26-17/h6,8-10,12H,3-5,7,11,13H2,1-2H3. The molecule has 26 heavy (non-hydrogen) atoms. The third-order valence-electron chi connectivity index (χ3n) is 5.04. The lowest BCUT2D eigenvalue weighted by atomic mass is 10.1. The van der Waals surface area contributed by atoms with Gasteiger partial charge < -0.3 is 4.90 Å². The Morgan fingerprint density at radius 2 is 2.15 bits per heavy atom. The van der Waals surface area contributed by atoms with Crippen LogP contribution in [0, 0.1) is 0 Å². The molecule has 0 unspecified atom stereocenters. The molecule has 1 aliphatic heterocycles. The molecule has 0 fully saturated rings. The van der Waals surface area contributed by atoms with Gasteiger partial charge in [-0.3, -0.25) is 9.69 Å². The van der Waals surface area contributed by atoms with Crippen molar-refractivity contribution in [2.45, 2.75) is 33.4 Å². The average molecular weight is 369 g/mol. The van der Waals surface area contributed by atoms with E-state index in [2.05, 4.69) is 40.3 Å². The van der Waals surface area contributed by atoms with Gasteiger partial charge in [0.1, 0.15) is 5.56 Å². The molecule has 4 rings (SSSR count). The van der Waals surface area contributed by atoms with Crippen molar-refractivity contribution in [1.82, 2.24) is 24.4 Å². The summed E-state index contributed by atoms with van der Waals surface area (Å²) in [4.78, 5) is 23.2. The molecule has 3 aromatic heterocycles. The fourth-order valence-corrected chi connectivity index (χ4v) is 4.33. The first-order valence-corrected chi connectivity index (χ1v) is 9.96. The van der Waals surface area contributed by atoms with Crippen LogP contribution in [-0.2, 0) is 19.5 Å². The van der Waals surface area contributed by atoms with Gasteiger partial charge in [-0.15, -0.1) is 11.3 Å². The number of nitrogens with zero attached hydrogens (tertiary/aromatic N) is 5. The van der Waals surface area contributed by atoms with Crippen molar-refractivity contribution in [2.24, 2.45) is 0 Å². The maximum atomic E-state index is 13.0. The van der Waals surface area contributed by atoms with Gasteiger partial charge in [-0.1, -0.05) is 13.8 Å². The second-order valence-corrected chi connectivity index (χ2v) is 7.60. The molecule has 0 spiro atoms. The van der Waals surface area contributed by atoms with Crippen LogP contribution < -0.4 is 0 Å². The molecule has 7 heteroatoms. The molecule has 6 nitrogen and oxygen atoms in total. The van der Waals surface area contributed by atoms with Gasteiger partial charge in [0.25, 0.3) is 5.91 Å². The summed E-state index contributed by atoms with van der Waals surface area (Å²) in [7, 11) is 0. The average Bonchev–Trinajstić information content (AvgIpc) is 3.31. The van der Waals surface area contributed by atoms with Crippen molar-refractivity contribution < 1.29 is 4.79 Å². The van der Waals surface area contributed by atoms with Crippen molar-refractivity contribution in [3.05, 3.63) is 51.6 Å². The van der Waals surface area contributed by atoms with Crippen molar-refractivity contribution in [2.75, 3.05) is 19.6 Å². The lowest BCUT2D eigenvalue weighted by Gasteiger charge is -2.26. The number of aromatic nitrogens is 3. The zero-order valence-electron chi connectivity index (χ0n) is 15.2. The SMILES string of the molecule is CCN(CC)Cc1cnc2c(C(=O)N3CCc4sccc4C3)cnn2c1. The third-order valence-corrected chi connectivity index (χ3v) is 6.06. The number of thiophene rings is 1. The fraction of sp³-hybridized carbons (Fsp3) is 0.421. The van der Waals surface area contributed by atoms with Crippen LogP contribution >= 0.6 is 11.3 Å². The first-order chi connectivity index (χ1) is 12.7. The Morgan fingerprint density at radius 3 is 2.96 bits per heavy atom. The van der Waals surface area contributed by atoms with E-state index in [4.69, 9.17) is 0 Å². The molecule has 4 heterocycles.